The number of rotatable bonds is 3. The van der Waals surface area contributed by atoms with Crippen LogP contribution in [0.4, 0.5) is 0 Å². The summed E-state index contributed by atoms with van der Waals surface area (Å²) in [6, 6.07) is 9.85. The van der Waals surface area contributed by atoms with E-state index in [1.54, 1.807) is 0 Å². The van der Waals surface area contributed by atoms with Crippen LogP contribution in [0, 0.1) is 0 Å². The van der Waals surface area contributed by atoms with Crippen LogP contribution in [-0.4, -0.2) is 55.1 Å². The third-order valence-corrected chi connectivity index (χ3v) is 4.10. The summed E-state index contributed by atoms with van der Waals surface area (Å²) in [7, 11) is 0. The second kappa shape index (κ2) is 4.98. The Kier molecular flexibility index (Phi) is 3.47. The van der Waals surface area contributed by atoms with E-state index in [-0.39, 0.29) is 12.1 Å². The number of ether oxygens (including phenoxy) is 1. The van der Waals surface area contributed by atoms with Crippen LogP contribution in [0.15, 0.2) is 42.0 Å². The Morgan fingerprint density at radius 1 is 1.47 bits per heavy atom. The zero-order valence-electron chi connectivity index (χ0n) is 10.5. The third kappa shape index (κ3) is 2.05. The van der Waals surface area contributed by atoms with Crippen molar-refractivity contribution in [3.05, 3.63) is 47.5 Å². The second-order valence-electron chi connectivity index (χ2n) is 4.94. The Bertz CT molecular complexity index is 531. The van der Waals surface area contributed by atoms with E-state index < -0.39 is 5.54 Å². The molecule has 0 saturated carbocycles. The Balaban J connectivity index is 1.98. The summed E-state index contributed by atoms with van der Waals surface area (Å²) in [5.74, 6) is 0.0402. The summed E-state index contributed by atoms with van der Waals surface area (Å²) in [6.45, 7) is 2.84. The molecule has 19 heavy (non-hydrogen) atoms. The van der Waals surface area contributed by atoms with Gasteiger partial charge in [0, 0.05) is 0 Å². The molecule has 0 N–H and O–H groups in total. The number of carbonyl (C=O) groups is 1. The number of amides is 1. The van der Waals surface area contributed by atoms with Gasteiger partial charge in [-0.1, -0.05) is 0 Å². The fourth-order valence-corrected chi connectivity index (χ4v) is 3.59. The number of hydrogen-bond donors (Lipinski definition) is 0. The van der Waals surface area contributed by atoms with Crippen molar-refractivity contribution in [3.63, 3.8) is 0 Å². The fraction of sp³-hybridized carbons (Fsp3) is 0.357. The molecule has 0 aliphatic carbocycles. The molecule has 2 heterocycles. The summed E-state index contributed by atoms with van der Waals surface area (Å²) in [5.41, 5.74) is 1.35. The van der Waals surface area contributed by atoms with Gasteiger partial charge in [-0.15, -0.1) is 0 Å². The molecular weight excluding hydrogens is 439 g/mol. The summed E-state index contributed by atoms with van der Waals surface area (Å²) >= 11 is 1.05. The van der Waals surface area contributed by atoms with Crippen LogP contribution in [0.25, 0.3) is 0 Å². The molecule has 1 amide bonds. The van der Waals surface area contributed by atoms with Crippen LogP contribution in [0.5, 0.6) is 0 Å². The Morgan fingerprint density at radius 2 is 2.21 bits per heavy atom. The van der Waals surface area contributed by atoms with Gasteiger partial charge < -0.3 is 0 Å². The van der Waals surface area contributed by atoms with Gasteiger partial charge in [0.15, 0.2) is 0 Å². The number of hydrogen-bond acceptors (Lipinski definition) is 3. The number of fused-ring (bicyclic) bond motifs is 1. The van der Waals surface area contributed by atoms with Gasteiger partial charge in [0.2, 0.25) is 0 Å². The van der Waals surface area contributed by atoms with Crippen LogP contribution >= 0.6 is 0 Å². The van der Waals surface area contributed by atoms with E-state index in [2.05, 4.69) is 0 Å². The maximum absolute atomic E-state index is 12.4. The van der Waals surface area contributed by atoms with Crippen LogP contribution in [0.3, 0.4) is 0 Å². The summed E-state index contributed by atoms with van der Waals surface area (Å²) in [5, 5.41) is 0. The molecule has 2 aliphatic rings. The van der Waals surface area contributed by atoms with Gasteiger partial charge in [0.1, 0.15) is 0 Å². The second-order valence-corrected chi connectivity index (χ2v) is 5.86. The van der Waals surface area contributed by atoms with Gasteiger partial charge >= 0.3 is 128 Å². The van der Waals surface area contributed by atoms with Crippen molar-refractivity contribution >= 4 is 31.4 Å². The van der Waals surface area contributed by atoms with Crippen molar-refractivity contribution in [1.29, 1.82) is 0 Å². The molecule has 0 bridgehead atoms. The van der Waals surface area contributed by atoms with Gasteiger partial charge in [-0.25, -0.2) is 0 Å². The molecule has 5 heteroatoms. The Morgan fingerprint density at radius 3 is 2.89 bits per heavy atom. The van der Waals surface area contributed by atoms with Crippen molar-refractivity contribution in [2.45, 2.75) is 18.7 Å². The van der Waals surface area contributed by atoms with Crippen molar-refractivity contribution in [2.75, 3.05) is 13.2 Å². The maximum atomic E-state index is 12.4. The first kappa shape index (κ1) is 13.2. The Labute approximate surface area is 128 Å². The van der Waals surface area contributed by atoms with E-state index in [0.717, 1.165) is 36.6 Å². The van der Waals surface area contributed by atoms with Crippen LogP contribution in [-0.2, 0) is 12.3 Å². The minimum absolute atomic E-state index is 0.0402. The molecular formula is C14H14NO3Po. The molecule has 2 atom stereocenters. The number of carbonyl (C=O) groups excluding carboxylic acids is 1. The van der Waals surface area contributed by atoms with Crippen LogP contribution in [0.1, 0.15) is 18.7 Å². The molecule has 1 fully saturated rings. The average Bonchev–Trinajstić information content (AvgIpc) is 2.88. The molecule has 2 aliphatic heterocycles. The van der Waals surface area contributed by atoms with Crippen molar-refractivity contribution in [3.8, 4) is 0 Å². The van der Waals surface area contributed by atoms with Gasteiger partial charge in [-0.2, -0.15) is 0 Å². The summed E-state index contributed by atoms with van der Waals surface area (Å²) in [6.07, 6.45) is 1.67. The van der Waals surface area contributed by atoms with E-state index in [1.165, 1.54) is 0 Å². The van der Waals surface area contributed by atoms with Crippen molar-refractivity contribution in [2.24, 2.45) is 0 Å². The van der Waals surface area contributed by atoms with Gasteiger partial charge in [-0.3, -0.25) is 0 Å². The van der Waals surface area contributed by atoms with Gasteiger partial charge in [-0.05, 0) is 0 Å². The predicted octanol–water partition coefficient (Wildman–Crippen LogP) is 1.34. The SMILES string of the molecule is CC1=C[C@]2(C[O][Po])COC(c3ccccc3)N2C1=O. The number of nitrogens with zero attached hydrogens (tertiary/aromatic N) is 1. The third-order valence-electron chi connectivity index (χ3n) is 3.64. The average molecular weight is 453 g/mol. The quantitative estimate of drug-likeness (QED) is 0.694. The standard InChI is InChI=1S/C14H14NO3.Po/c1-10-7-14(8-16)9-18-13(15(14)12(10)17)11-5-3-2-4-6-11;/h2-7,13H,8-9H2,1H3;/q-1;+1/t13?,14-;/m0./s1. The normalized spacial score (nSPS) is 29.6. The van der Waals surface area contributed by atoms with Gasteiger partial charge in [0.25, 0.3) is 0 Å². The first-order valence-electron chi connectivity index (χ1n) is 6.12. The van der Waals surface area contributed by atoms with E-state index in [1.807, 2.05) is 48.2 Å². The van der Waals surface area contributed by atoms with Crippen molar-refractivity contribution < 1.29 is 12.3 Å². The van der Waals surface area contributed by atoms with Crippen LogP contribution < -0.4 is 0 Å². The zero-order chi connectivity index (χ0) is 13.5. The topological polar surface area (TPSA) is 38.8 Å². The van der Waals surface area contributed by atoms with E-state index in [4.69, 9.17) is 7.51 Å². The molecule has 1 aromatic carbocycles. The summed E-state index contributed by atoms with van der Waals surface area (Å²) in [4.78, 5) is 14.2. The zero-order valence-corrected chi connectivity index (χ0v) is 13.7. The number of benzene rings is 1. The van der Waals surface area contributed by atoms with E-state index in [0.29, 0.717) is 13.2 Å². The predicted molar refractivity (Wildman–Crippen MR) is 70.2 cm³/mol. The van der Waals surface area contributed by atoms with Crippen LogP contribution in [0.2, 0.25) is 0 Å². The molecule has 0 aromatic heterocycles. The molecule has 4 nitrogen and oxygen atoms in total. The molecule has 1 aromatic rings. The monoisotopic (exact) mass is 453 g/mol. The van der Waals surface area contributed by atoms with Gasteiger partial charge in [0.05, 0.1) is 0 Å². The minimum atomic E-state index is -0.427. The molecule has 1 unspecified atom stereocenters. The Hall–Kier alpha value is -0.754. The molecule has 99 valence electrons. The first-order valence-corrected chi connectivity index (χ1v) is 7.42. The first-order chi connectivity index (χ1) is 9.18. The fourth-order valence-electron chi connectivity index (χ4n) is 2.79. The molecule has 3 rings (SSSR count). The van der Waals surface area contributed by atoms with Crippen molar-refractivity contribution in [1.82, 2.24) is 4.90 Å². The molecule has 1 radical (unpaired) electrons. The molecule has 0 spiro atoms. The van der Waals surface area contributed by atoms with E-state index >= 15 is 0 Å². The molecule has 1 saturated heterocycles. The van der Waals surface area contributed by atoms with E-state index in [9.17, 15) is 4.79 Å². The summed E-state index contributed by atoms with van der Waals surface area (Å²) < 4.78 is 11.2.